The van der Waals surface area contributed by atoms with Gasteiger partial charge in [-0.05, 0) is 42.0 Å². The van der Waals surface area contributed by atoms with Crippen LogP contribution in [0.5, 0.6) is 5.75 Å². The molecule has 0 atom stereocenters. The minimum absolute atomic E-state index is 0.226. The van der Waals surface area contributed by atoms with Gasteiger partial charge in [0.2, 0.25) is 0 Å². The molecule has 0 saturated carbocycles. The van der Waals surface area contributed by atoms with E-state index in [9.17, 15) is 13.2 Å². The van der Waals surface area contributed by atoms with Gasteiger partial charge in [-0.2, -0.15) is 0 Å². The van der Waals surface area contributed by atoms with E-state index < -0.39 is 14.3 Å². The molecule has 0 N–H and O–H groups in total. The lowest BCUT2D eigenvalue weighted by atomic mass is 10.3. The SMILES string of the molecule is FC(F)(F)Oc1cc(Br)cc(P(c2ccccc2)c2ccccc2)c1. The van der Waals surface area contributed by atoms with Crippen LogP contribution in [0, 0.1) is 0 Å². The van der Waals surface area contributed by atoms with Crippen LogP contribution < -0.4 is 20.7 Å². The standard InChI is InChI=1S/C19H13BrF3OP/c20-14-11-15(24-19(21,22)23)13-18(12-14)25(16-7-3-1-4-8-16)17-9-5-2-6-10-17/h1-13H. The molecular weight excluding hydrogens is 412 g/mol. The van der Waals surface area contributed by atoms with Crippen molar-refractivity contribution in [3.63, 3.8) is 0 Å². The second-order valence-corrected chi connectivity index (χ2v) is 8.34. The highest BCUT2D eigenvalue weighted by molar-refractivity contribution is 9.10. The van der Waals surface area contributed by atoms with Crippen molar-refractivity contribution in [1.29, 1.82) is 0 Å². The van der Waals surface area contributed by atoms with Crippen LogP contribution in [0.2, 0.25) is 0 Å². The van der Waals surface area contributed by atoms with E-state index in [1.807, 2.05) is 66.7 Å². The molecular formula is C19H13BrF3OP. The quantitative estimate of drug-likeness (QED) is 0.529. The van der Waals surface area contributed by atoms with E-state index in [-0.39, 0.29) is 5.75 Å². The Morgan fingerprint density at radius 1 is 0.720 bits per heavy atom. The van der Waals surface area contributed by atoms with Crippen LogP contribution in [0.1, 0.15) is 0 Å². The third-order valence-corrected chi connectivity index (χ3v) is 6.24. The highest BCUT2D eigenvalue weighted by atomic mass is 79.9. The lowest BCUT2D eigenvalue weighted by Gasteiger charge is -2.20. The van der Waals surface area contributed by atoms with Gasteiger partial charge in [0, 0.05) is 4.47 Å². The van der Waals surface area contributed by atoms with E-state index in [0.717, 1.165) is 15.9 Å². The number of hydrogen-bond acceptors (Lipinski definition) is 1. The van der Waals surface area contributed by atoms with Crippen molar-refractivity contribution in [3.05, 3.63) is 83.3 Å². The lowest BCUT2D eigenvalue weighted by molar-refractivity contribution is -0.274. The third kappa shape index (κ3) is 4.83. The molecule has 0 aliphatic carbocycles. The monoisotopic (exact) mass is 424 g/mol. The average Bonchev–Trinajstić information content (AvgIpc) is 2.55. The fourth-order valence-corrected chi connectivity index (χ4v) is 5.48. The van der Waals surface area contributed by atoms with Gasteiger partial charge in [-0.3, -0.25) is 0 Å². The van der Waals surface area contributed by atoms with Crippen molar-refractivity contribution < 1.29 is 17.9 Å². The number of hydrogen-bond donors (Lipinski definition) is 0. The zero-order valence-electron chi connectivity index (χ0n) is 12.9. The van der Waals surface area contributed by atoms with Crippen LogP contribution in [0.25, 0.3) is 0 Å². The number of rotatable bonds is 4. The molecule has 0 amide bonds. The summed E-state index contributed by atoms with van der Waals surface area (Å²) in [4.78, 5) is 0. The summed E-state index contributed by atoms with van der Waals surface area (Å²) in [6.45, 7) is 0. The minimum Gasteiger partial charge on any atom is -0.406 e. The van der Waals surface area contributed by atoms with E-state index in [0.29, 0.717) is 4.47 Å². The van der Waals surface area contributed by atoms with Gasteiger partial charge in [0.25, 0.3) is 0 Å². The molecule has 3 rings (SSSR count). The Kier molecular flexibility index (Phi) is 5.45. The highest BCUT2D eigenvalue weighted by Gasteiger charge is 2.31. The Balaban J connectivity index is 2.11. The molecule has 25 heavy (non-hydrogen) atoms. The van der Waals surface area contributed by atoms with E-state index in [1.54, 1.807) is 0 Å². The second-order valence-electron chi connectivity index (χ2n) is 5.20. The van der Waals surface area contributed by atoms with Gasteiger partial charge in [-0.25, -0.2) is 0 Å². The van der Waals surface area contributed by atoms with Crippen molar-refractivity contribution >= 4 is 39.8 Å². The molecule has 0 saturated heterocycles. The fraction of sp³-hybridized carbons (Fsp3) is 0.0526. The molecule has 0 aromatic heterocycles. The van der Waals surface area contributed by atoms with E-state index in [2.05, 4.69) is 20.7 Å². The summed E-state index contributed by atoms with van der Waals surface area (Å²) in [6, 6.07) is 24.1. The Hall–Kier alpha value is -1.84. The van der Waals surface area contributed by atoms with Crippen molar-refractivity contribution in [1.82, 2.24) is 0 Å². The topological polar surface area (TPSA) is 9.23 Å². The second kappa shape index (κ2) is 7.59. The molecule has 0 bridgehead atoms. The molecule has 0 aliphatic rings. The first-order valence-electron chi connectivity index (χ1n) is 7.39. The number of halogens is 4. The van der Waals surface area contributed by atoms with Crippen molar-refractivity contribution in [2.45, 2.75) is 6.36 Å². The Labute approximate surface area is 153 Å². The molecule has 0 radical (unpaired) electrons. The zero-order chi connectivity index (χ0) is 17.9. The normalized spacial score (nSPS) is 11.6. The molecule has 0 spiro atoms. The fourth-order valence-electron chi connectivity index (χ4n) is 2.47. The van der Waals surface area contributed by atoms with Crippen molar-refractivity contribution in [2.24, 2.45) is 0 Å². The first kappa shape index (κ1) is 18.0. The van der Waals surface area contributed by atoms with E-state index in [1.165, 1.54) is 12.1 Å². The van der Waals surface area contributed by atoms with E-state index >= 15 is 0 Å². The predicted molar refractivity (Wildman–Crippen MR) is 99.5 cm³/mol. The van der Waals surface area contributed by atoms with Gasteiger partial charge in [-0.15, -0.1) is 13.2 Å². The molecule has 3 aromatic rings. The molecule has 0 unspecified atom stereocenters. The van der Waals surface area contributed by atoms with Crippen molar-refractivity contribution in [2.75, 3.05) is 0 Å². The summed E-state index contributed by atoms with van der Waals surface area (Å²) >= 11 is 3.30. The maximum atomic E-state index is 12.6. The highest BCUT2D eigenvalue weighted by Crippen LogP contribution is 2.36. The summed E-state index contributed by atoms with van der Waals surface area (Å²) in [6.07, 6.45) is -4.72. The predicted octanol–water partition coefficient (Wildman–Crippen LogP) is 5.11. The average molecular weight is 425 g/mol. The number of benzene rings is 3. The van der Waals surface area contributed by atoms with Crippen LogP contribution in [-0.2, 0) is 0 Å². The number of ether oxygens (including phenoxy) is 1. The maximum Gasteiger partial charge on any atom is 0.573 e. The van der Waals surface area contributed by atoms with Gasteiger partial charge in [0.15, 0.2) is 0 Å². The van der Waals surface area contributed by atoms with Gasteiger partial charge < -0.3 is 4.74 Å². The lowest BCUT2D eigenvalue weighted by Crippen LogP contribution is -2.22. The molecule has 3 aromatic carbocycles. The summed E-state index contributed by atoms with van der Waals surface area (Å²) in [7, 11) is -0.997. The van der Waals surface area contributed by atoms with Crippen LogP contribution in [-0.4, -0.2) is 6.36 Å². The first-order chi connectivity index (χ1) is 11.9. The molecule has 0 fully saturated rings. The van der Waals surface area contributed by atoms with Crippen LogP contribution in [0.3, 0.4) is 0 Å². The Morgan fingerprint density at radius 3 is 1.72 bits per heavy atom. The van der Waals surface area contributed by atoms with Crippen molar-refractivity contribution in [3.8, 4) is 5.75 Å². The maximum absolute atomic E-state index is 12.6. The molecule has 0 aliphatic heterocycles. The summed E-state index contributed by atoms with van der Waals surface area (Å²) in [5.41, 5.74) is 0. The Bertz CT molecular complexity index is 799. The van der Waals surface area contributed by atoms with E-state index in [4.69, 9.17) is 0 Å². The van der Waals surface area contributed by atoms with Gasteiger partial charge in [0.05, 0.1) is 0 Å². The van der Waals surface area contributed by atoms with Gasteiger partial charge in [0.1, 0.15) is 5.75 Å². The summed E-state index contributed by atoms with van der Waals surface area (Å²) < 4.78 is 42.5. The molecule has 6 heteroatoms. The third-order valence-electron chi connectivity index (χ3n) is 3.38. The minimum atomic E-state index is -4.72. The van der Waals surface area contributed by atoms with Crippen LogP contribution in [0.4, 0.5) is 13.2 Å². The summed E-state index contributed by atoms with van der Waals surface area (Å²) in [5, 5.41) is 2.89. The van der Waals surface area contributed by atoms with Gasteiger partial charge >= 0.3 is 6.36 Å². The molecule has 0 heterocycles. The van der Waals surface area contributed by atoms with Crippen LogP contribution >= 0.6 is 23.9 Å². The molecule has 128 valence electrons. The molecule has 1 nitrogen and oxygen atoms in total. The summed E-state index contributed by atoms with van der Waals surface area (Å²) in [5.74, 6) is -0.226. The Morgan fingerprint density at radius 2 is 1.24 bits per heavy atom. The first-order valence-corrected chi connectivity index (χ1v) is 9.52. The number of alkyl halides is 3. The largest absolute Gasteiger partial charge is 0.573 e. The van der Waals surface area contributed by atoms with Crippen LogP contribution in [0.15, 0.2) is 83.3 Å². The van der Waals surface area contributed by atoms with Gasteiger partial charge in [-0.1, -0.05) is 76.6 Å². The smallest absolute Gasteiger partial charge is 0.406 e. The zero-order valence-corrected chi connectivity index (χ0v) is 15.4.